The smallest absolute Gasteiger partial charge is 0.339 e. The van der Waals surface area contributed by atoms with Crippen molar-refractivity contribution in [2.45, 2.75) is 25.4 Å². The Morgan fingerprint density at radius 3 is 2.43 bits per heavy atom. The number of nitrogens with zero attached hydrogens (tertiary/aromatic N) is 1. The van der Waals surface area contributed by atoms with E-state index in [1.54, 1.807) is 0 Å². The highest BCUT2D eigenvalue weighted by Crippen LogP contribution is 2.38. The van der Waals surface area contributed by atoms with Crippen molar-refractivity contribution in [2.75, 3.05) is 26.2 Å². The number of piperidine rings is 1. The molecule has 1 N–H and O–H groups in total. The summed E-state index contributed by atoms with van der Waals surface area (Å²) in [7, 11) is 0. The van der Waals surface area contributed by atoms with Gasteiger partial charge in [-0.15, -0.1) is 0 Å². The van der Waals surface area contributed by atoms with Gasteiger partial charge in [-0.05, 0) is 43.4 Å². The number of alkyl halides is 3. The summed E-state index contributed by atoms with van der Waals surface area (Å²) in [6.07, 6.45) is -2.16. The molecule has 0 aliphatic carbocycles. The number of hydrogen-bond acceptors (Lipinski definition) is 2. The van der Waals surface area contributed by atoms with Crippen LogP contribution in [-0.2, 0) is 6.18 Å². The molecular weight excluding hydrogens is 312 g/mol. The maximum Gasteiger partial charge on any atom is 0.419 e. The van der Waals surface area contributed by atoms with E-state index in [1.807, 2.05) is 0 Å². The van der Waals surface area contributed by atoms with Crippen LogP contribution in [0, 0.1) is 11.2 Å². The predicted molar refractivity (Wildman–Crippen MR) is 76.5 cm³/mol. The summed E-state index contributed by atoms with van der Waals surface area (Å²) in [6.45, 7) is 2.77. The van der Waals surface area contributed by atoms with E-state index in [4.69, 9.17) is 0 Å². The zero-order chi connectivity index (χ0) is 16.7. The van der Waals surface area contributed by atoms with Gasteiger partial charge in [-0.1, -0.05) is 6.07 Å². The zero-order valence-corrected chi connectivity index (χ0v) is 12.5. The number of carbonyl (C=O) groups excluding carboxylic acids is 1. The molecule has 0 radical (unpaired) electrons. The molecule has 126 valence electrons. The number of likely N-dealkylation sites (tertiary alicyclic amines) is 1. The van der Waals surface area contributed by atoms with Gasteiger partial charge in [0.25, 0.3) is 5.91 Å². The number of amides is 1. The normalized spacial score (nSPS) is 21.0. The third-order valence-corrected chi connectivity index (χ3v) is 4.98. The second-order valence-electron chi connectivity index (χ2n) is 6.38. The lowest BCUT2D eigenvalue weighted by Gasteiger charge is -2.39. The monoisotopic (exact) mass is 330 g/mol. The van der Waals surface area contributed by atoms with E-state index < -0.39 is 29.0 Å². The molecule has 1 amide bonds. The summed E-state index contributed by atoms with van der Waals surface area (Å²) < 4.78 is 52.4. The van der Waals surface area contributed by atoms with Crippen LogP contribution in [0.5, 0.6) is 0 Å². The summed E-state index contributed by atoms with van der Waals surface area (Å²) in [5.41, 5.74) is -1.71. The number of halogens is 4. The van der Waals surface area contributed by atoms with E-state index >= 15 is 0 Å². The molecule has 0 unspecified atom stereocenters. The third kappa shape index (κ3) is 3.06. The van der Waals surface area contributed by atoms with E-state index in [0.717, 1.165) is 44.5 Å². The zero-order valence-electron chi connectivity index (χ0n) is 12.5. The summed E-state index contributed by atoms with van der Waals surface area (Å²) in [6, 6.07) is 2.85. The van der Waals surface area contributed by atoms with Crippen LogP contribution in [0.4, 0.5) is 17.6 Å². The average Bonchev–Trinajstić information content (AvgIpc) is 2.95. The molecule has 0 saturated carbocycles. The maximum absolute atomic E-state index is 14.1. The van der Waals surface area contributed by atoms with Crippen LogP contribution in [0.15, 0.2) is 18.2 Å². The first-order valence-electron chi connectivity index (χ1n) is 7.68. The minimum atomic E-state index is -4.80. The Morgan fingerprint density at radius 2 is 1.87 bits per heavy atom. The fourth-order valence-electron chi connectivity index (χ4n) is 3.49. The number of carbonyl (C=O) groups is 1. The molecule has 0 atom stereocenters. The van der Waals surface area contributed by atoms with Crippen LogP contribution in [0.25, 0.3) is 0 Å². The van der Waals surface area contributed by atoms with Crippen LogP contribution in [0.1, 0.15) is 35.2 Å². The first-order chi connectivity index (χ1) is 10.8. The van der Waals surface area contributed by atoms with Crippen LogP contribution >= 0.6 is 0 Å². The minimum Gasteiger partial charge on any atom is -0.339 e. The van der Waals surface area contributed by atoms with Crippen LogP contribution in [0.3, 0.4) is 0 Å². The Labute approximate surface area is 131 Å². The summed E-state index contributed by atoms with van der Waals surface area (Å²) >= 11 is 0. The van der Waals surface area contributed by atoms with Crippen molar-refractivity contribution in [1.82, 2.24) is 10.2 Å². The summed E-state index contributed by atoms with van der Waals surface area (Å²) in [5.74, 6) is -2.14. The quantitative estimate of drug-likeness (QED) is 0.803. The van der Waals surface area contributed by atoms with Crippen molar-refractivity contribution in [3.8, 4) is 0 Å². The highest BCUT2D eigenvalue weighted by atomic mass is 19.4. The van der Waals surface area contributed by atoms with E-state index in [9.17, 15) is 22.4 Å². The van der Waals surface area contributed by atoms with Gasteiger partial charge in [0.15, 0.2) is 0 Å². The highest BCUT2D eigenvalue weighted by molar-refractivity contribution is 5.94. The molecule has 0 bridgehead atoms. The van der Waals surface area contributed by atoms with Crippen molar-refractivity contribution in [3.63, 3.8) is 0 Å². The van der Waals surface area contributed by atoms with Gasteiger partial charge in [0.1, 0.15) is 5.82 Å². The first kappa shape index (κ1) is 16.2. The Kier molecular flexibility index (Phi) is 4.08. The molecule has 1 aromatic rings. The molecule has 2 aliphatic heterocycles. The number of rotatable bonds is 1. The number of nitrogens with one attached hydrogen (secondary N) is 1. The Bertz CT molecular complexity index is 599. The molecule has 7 heteroatoms. The van der Waals surface area contributed by atoms with Crippen LogP contribution < -0.4 is 5.32 Å². The van der Waals surface area contributed by atoms with Gasteiger partial charge < -0.3 is 10.2 Å². The predicted octanol–water partition coefficient (Wildman–Crippen LogP) is 3.06. The number of benzene rings is 1. The first-order valence-corrected chi connectivity index (χ1v) is 7.68. The number of hydrogen-bond donors (Lipinski definition) is 1. The molecule has 23 heavy (non-hydrogen) atoms. The van der Waals surface area contributed by atoms with E-state index in [2.05, 4.69) is 5.32 Å². The van der Waals surface area contributed by atoms with Gasteiger partial charge >= 0.3 is 6.18 Å². The molecule has 2 aliphatic rings. The molecule has 1 spiro atoms. The van der Waals surface area contributed by atoms with Gasteiger partial charge in [0, 0.05) is 19.6 Å². The SMILES string of the molecule is O=C(c1cccc(C(F)(F)F)c1F)N1CCC2(CCNC2)CC1. The van der Waals surface area contributed by atoms with Gasteiger partial charge in [0.05, 0.1) is 11.1 Å². The molecule has 0 aromatic heterocycles. The second-order valence-corrected chi connectivity index (χ2v) is 6.38. The maximum atomic E-state index is 14.1. The lowest BCUT2D eigenvalue weighted by molar-refractivity contribution is -0.140. The van der Waals surface area contributed by atoms with E-state index in [1.165, 1.54) is 4.90 Å². The van der Waals surface area contributed by atoms with Gasteiger partial charge in [0.2, 0.25) is 0 Å². The second kappa shape index (κ2) is 5.78. The minimum absolute atomic E-state index is 0.184. The molecular formula is C16H18F4N2O. The highest BCUT2D eigenvalue weighted by Gasteiger charge is 2.40. The standard InChI is InChI=1S/C16H18F4N2O/c17-13-11(2-1-3-12(13)16(18,19)20)14(23)22-8-5-15(6-9-22)4-7-21-10-15/h1-3,21H,4-10H2. The largest absolute Gasteiger partial charge is 0.419 e. The van der Waals surface area contributed by atoms with Crippen LogP contribution in [-0.4, -0.2) is 37.0 Å². The molecule has 2 heterocycles. The average molecular weight is 330 g/mol. The van der Waals surface area contributed by atoms with Crippen molar-refractivity contribution >= 4 is 5.91 Å². The van der Waals surface area contributed by atoms with Gasteiger partial charge in [-0.3, -0.25) is 4.79 Å². The van der Waals surface area contributed by atoms with E-state index in [0.29, 0.717) is 19.2 Å². The molecule has 2 fully saturated rings. The molecule has 1 aromatic carbocycles. The van der Waals surface area contributed by atoms with Gasteiger partial charge in [-0.2, -0.15) is 13.2 Å². The Morgan fingerprint density at radius 1 is 1.17 bits per heavy atom. The third-order valence-electron chi connectivity index (χ3n) is 4.98. The van der Waals surface area contributed by atoms with Crippen molar-refractivity contribution in [1.29, 1.82) is 0 Å². The molecule has 2 saturated heterocycles. The molecule has 3 nitrogen and oxygen atoms in total. The van der Waals surface area contributed by atoms with Crippen molar-refractivity contribution in [2.24, 2.45) is 5.41 Å². The molecule has 3 rings (SSSR count). The summed E-state index contributed by atoms with van der Waals surface area (Å²) in [4.78, 5) is 13.9. The fourth-order valence-corrected chi connectivity index (χ4v) is 3.49. The summed E-state index contributed by atoms with van der Waals surface area (Å²) in [5, 5.41) is 3.30. The topological polar surface area (TPSA) is 32.3 Å². The Balaban J connectivity index is 1.77. The fraction of sp³-hybridized carbons (Fsp3) is 0.562. The van der Waals surface area contributed by atoms with Gasteiger partial charge in [-0.25, -0.2) is 4.39 Å². The lowest BCUT2D eigenvalue weighted by atomic mass is 9.78. The lowest BCUT2D eigenvalue weighted by Crippen LogP contribution is -2.44. The van der Waals surface area contributed by atoms with E-state index in [-0.39, 0.29) is 5.41 Å². The van der Waals surface area contributed by atoms with Crippen molar-refractivity contribution in [3.05, 3.63) is 35.1 Å². The Hall–Kier alpha value is -1.63. The van der Waals surface area contributed by atoms with Crippen molar-refractivity contribution < 1.29 is 22.4 Å². The van der Waals surface area contributed by atoms with Crippen LogP contribution in [0.2, 0.25) is 0 Å².